The number of hydrogen-bond acceptors (Lipinski definition) is 8. The fourth-order valence-electron chi connectivity index (χ4n) is 4.15. The molecular formula is C24H37F3N8O3. The molecule has 1 aromatic heterocycles. The van der Waals surface area contributed by atoms with E-state index in [0.29, 0.717) is 57.1 Å². The third-order valence-electron chi connectivity index (χ3n) is 6.20. The second-order valence-corrected chi connectivity index (χ2v) is 8.99. The summed E-state index contributed by atoms with van der Waals surface area (Å²) < 4.78 is 54.1. The number of nitrogens with two attached hydrogens (primary N) is 1. The van der Waals surface area contributed by atoms with Crippen LogP contribution in [-0.2, 0) is 20.8 Å². The lowest BCUT2D eigenvalue weighted by molar-refractivity contribution is -0.130. The topological polar surface area (TPSA) is 123 Å². The first kappa shape index (κ1) is 29.6. The first-order valence-electron chi connectivity index (χ1n) is 12.8. The van der Waals surface area contributed by atoms with E-state index in [1.165, 1.54) is 0 Å². The predicted octanol–water partition coefficient (Wildman–Crippen LogP) is 1.61. The van der Waals surface area contributed by atoms with Gasteiger partial charge in [-0.25, -0.2) is 4.99 Å². The number of alkyl halides is 3. The second kappa shape index (κ2) is 14.8. The maximum absolute atomic E-state index is 13.9. The molecule has 0 unspecified atom stereocenters. The molecule has 3 rings (SSSR count). The van der Waals surface area contributed by atoms with Crippen LogP contribution in [0.2, 0.25) is 0 Å². The zero-order valence-corrected chi connectivity index (χ0v) is 21.8. The first-order valence-corrected chi connectivity index (χ1v) is 12.8. The van der Waals surface area contributed by atoms with Crippen molar-refractivity contribution in [3.8, 4) is 0 Å². The van der Waals surface area contributed by atoms with Crippen molar-refractivity contribution in [2.45, 2.75) is 38.9 Å². The van der Waals surface area contributed by atoms with Crippen LogP contribution in [0.15, 0.2) is 27.6 Å². The molecule has 0 radical (unpaired) electrons. The van der Waals surface area contributed by atoms with Crippen molar-refractivity contribution in [2.75, 3.05) is 65.7 Å². The summed E-state index contributed by atoms with van der Waals surface area (Å²) in [6.07, 6.45) is 0.0388. The van der Waals surface area contributed by atoms with Gasteiger partial charge < -0.3 is 25.4 Å². The molecule has 2 aliphatic rings. The van der Waals surface area contributed by atoms with Crippen molar-refractivity contribution in [1.82, 2.24) is 24.9 Å². The van der Waals surface area contributed by atoms with Crippen molar-refractivity contribution in [3.63, 3.8) is 0 Å². The molecule has 0 aromatic carbocycles. The Labute approximate surface area is 220 Å². The van der Waals surface area contributed by atoms with Gasteiger partial charge in [0.05, 0.1) is 51.1 Å². The van der Waals surface area contributed by atoms with Gasteiger partial charge >= 0.3 is 6.18 Å². The molecule has 11 nitrogen and oxygen atoms in total. The zero-order valence-electron chi connectivity index (χ0n) is 21.8. The summed E-state index contributed by atoms with van der Waals surface area (Å²) in [7, 11) is 0. The number of amides is 1. The summed E-state index contributed by atoms with van der Waals surface area (Å²) in [4.78, 5) is 23.8. The van der Waals surface area contributed by atoms with Crippen LogP contribution in [0, 0.1) is 6.92 Å². The summed E-state index contributed by atoms with van der Waals surface area (Å²) in [5.74, 6) is -0.469. The highest BCUT2D eigenvalue weighted by molar-refractivity contribution is 5.84. The third kappa shape index (κ3) is 9.40. The van der Waals surface area contributed by atoms with Crippen molar-refractivity contribution < 1.29 is 27.4 Å². The van der Waals surface area contributed by atoms with Crippen LogP contribution in [0.25, 0.3) is 0 Å². The molecule has 3 N–H and O–H groups in total. The van der Waals surface area contributed by atoms with E-state index in [0.717, 1.165) is 51.8 Å². The maximum atomic E-state index is 13.9. The van der Waals surface area contributed by atoms with Gasteiger partial charge in [-0.15, -0.1) is 0 Å². The van der Waals surface area contributed by atoms with Crippen molar-refractivity contribution >= 4 is 24.1 Å². The molecule has 2 saturated heterocycles. The highest BCUT2D eigenvalue weighted by Gasteiger charge is 2.36. The lowest BCUT2D eigenvalue weighted by Gasteiger charge is -2.26. The van der Waals surface area contributed by atoms with Crippen molar-refractivity contribution in [1.29, 1.82) is 0 Å². The Hall–Kier alpha value is -2.97. The smallest absolute Gasteiger partial charge is 0.390 e. The summed E-state index contributed by atoms with van der Waals surface area (Å²) in [6, 6.07) is 0. The van der Waals surface area contributed by atoms with Crippen LogP contribution >= 0.6 is 0 Å². The number of aryl methyl sites for hydroxylation is 2. The Kier molecular flexibility index (Phi) is 11.5. The van der Waals surface area contributed by atoms with Crippen LogP contribution in [-0.4, -0.2) is 110 Å². The number of aromatic nitrogens is 2. The Morgan fingerprint density at radius 3 is 2.61 bits per heavy atom. The van der Waals surface area contributed by atoms with Crippen LogP contribution < -0.4 is 11.1 Å². The van der Waals surface area contributed by atoms with Gasteiger partial charge in [-0.3, -0.25) is 19.4 Å². The lowest BCUT2D eigenvalue weighted by atomic mass is 10.2. The molecular weight excluding hydrogens is 505 g/mol. The Morgan fingerprint density at radius 1 is 1.13 bits per heavy atom. The normalized spacial score (nSPS) is 18.8. The van der Waals surface area contributed by atoms with Gasteiger partial charge in [-0.2, -0.15) is 18.3 Å². The number of allylic oxidation sites excluding steroid dienone is 1. The molecule has 0 saturated carbocycles. The molecule has 1 amide bonds. The van der Waals surface area contributed by atoms with Crippen molar-refractivity contribution in [2.24, 2.45) is 15.7 Å². The SMILES string of the molecule is Cc1nn(CCCN2CCOCC2)cc1\N=C/C(=C(\N=C\N)NCCCN1CCOCCC1=O)C(F)(F)F. The minimum absolute atomic E-state index is 0.0293. The molecule has 0 bridgehead atoms. The van der Waals surface area contributed by atoms with Crippen molar-refractivity contribution in [3.05, 3.63) is 23.3 Å². The minimum atomic E-state index is -4.72. The van der Waals surface area contributed by atoms with Crippen LogP contribution in [0.3, 0.4) is 0 Å². The van der Waals surface area contributed by atoms with Crippen LogP contribution in [0.1, 0.15) is 25.0 Å². The number of nitrogens with zero attached hydrogens (tertiary/aromatic N) is 6. The molecule has 0 spiro atoms. The number of aliphatic imine (C=N–C) groups is 2. The Balaban J connectivity index is 1.62. The van der Waals surface area contributed by atoms with Crippen LogP contribution in [0.5, 0.6) is 0 Å². The summed E-state index contributed by atoms with van der Waals surface area (Å²) >= 11 is 0. The number of carbonyl (C=O) groups excluding carboxylic acids is 1. The predicted molar refractivity (Wildman–Crippen MR) is 137 cm³/mol. The minimum Gasteiger partial charge on any atom is -0.390 e. The average Bonchev–Trinajstić information content (AvgIpc) is 3.09. The molecule has 0 atom stereocenters. The summed E-state index contributed by atoms with van der Waals surface area (Å²) in [5.41, 5.74) is 5.15. The maximum Gasteiger partial charge on any atom is 0.421 e. The fraction of sp³-hybridized carbons (Fsp3) is 0.667. The van der Waals surface area contributed by atoms with Gasteiger partial charge in [0.1, 0.15) is 17.1 Å². The van der Waals surface area contributed by atoms with E-state index >= 15 is 0 Å². The van der Waals surface area contributed by atoms with E-state index in [1.807, 2.05) is 0 Å². The zero-order chi connectivity index (χ0) is 27.4. The molecule has 14 heteroatoms. The number of morpholine rings is 1. The van der Waals surface area contributed by atoms with E-state index in [2.05, 4.69) is 25.3 Å². The lowest BCUT2D eigenvalue weighted by Crippen LogP contribution is -2.37. The van der Waals surface area contributed by atoms with Gasteiger partial charge in [0.15, 0.2) is 0 Å². The number of nitrogens with one attached hydrogen (secondary N) is 1. The third-order valence-corrected chi connectivity index (χ3v) is 6.20. The van der Waals surface area contributed by atoms with E-state index in [4.69, 9.17) is 15.2 Å². The summed E-state index contributed by atoms with van der Waals surface area (Å²) in [5, 5.41) is 7.09. The molecule has 0 aliphatic carbocycles. The fourth-order valence-corrected chi connectivity index (χ4v) is 4.15. The number of rotatable bonds is 12. The highest BCUT2D eigenvalue weighted by atomic mass is 19.4. The number of halogens is 3. The Morgan fingerprint density at radius 2 is 1.87 bits per heavy atom. The summed E-state index contributed by atoms with van der Waals surface area (Å²) in [6.45, 7) is 8.32. The van der Waals surface area contributed by atoms with Gasteiger partial charge in [-0.05, 0) is 19.8 Å². The van der Waals surface area contributed by atoms with Gasteiger partial charge in [0, 0.05) is 52.0 Å². The number of ether oxygens (including phenoxy) is 2. The Bertz CT molecular complexity index is 987. The van der Waals surface area contributed by atoms with E-state index in [1.54, 1.807) is 22.7 Å². The molecule has 38 heavy (non-hydrogen) atoms. The van der Waals surface area contributed by atoms with Gasteiger partial charge in [0.25, 0.3) is 0 Å². The monoisotopic (exact) mass is 542 g/mol. The van der Waals surface area contributed by atoms with Gasteiger partial charge in [0.2, 0.25) is 5.91 Å². The standard InChI is InChI=1S/C24H37F3N8O3/c1-19-21(17-35(32-19)8-3-6-33-9-13-38-14-10-33)30-16-20(24(25,26)27)23(31-18-28)29-5-2-7-34-11-15-37-12-4-22(34)36/h16-18,29H,2-15H2,1H3,(H2,28,31)/b23-20+,30-16-. The average molecular weight is 543 g/mol. The largest absolute Gasteiger partial charge is 0.421 e. The molecule has 2 aliphatic heterocycles. The molecule has 3 heterocycles. The van der Waals surface area contributed by atoms with E-state index < -0.39 is 17.6 Å². The van der Waals surface area contributed by atoms with Gasteiger partial charge in [-0.1, -0.05) is 0 Å². The highest BCUT2D eigenvalue weighted by Crippen LogP contribution is 2.28. The molecule has 2 fully saturated rings. The molecule has 212 valence electrons. The number of carbonyl (C=O) groups is 1. The quantitative estimate of drug-likeness (QED) is 0.234. The molecule has 1 aromatic rings. The van der Waals surface area contributed by atoms with Crippen LogP contribution in [0.4, 0.5) is 18.9 Å². The van der Waals surface area contributed by atoms with E-state index in [9.17, 15) is 18.0 Å². The van der Waals surface area contributed by atoms with E-state index in [-0.39, 0.29) is 12.5 Å². The second-order valence-electron chi connectivity index (χ2n) is 8.99. The number of hydrogen-bond donors (Lipinski definition) is 2. The first-order chi connectivity index (χ1) is 18.3.